The maximum Gasteiger partial charge on any atom is 0.329 e. The minimum atomic E-state index is -1.74. The summed E-state index contributed by atoms with van der Waals surface area (Å²) < 4.78 is 18.3. The molecule has 6 atom stereocenters. The summed E-state index contributed by atoms with van der Waals surface area (Å²) in [5.41, 5.74) is -0.254. The predicted molar refractivity (Wildman–Crippen MR) is 167 cm³/mol. The first-order chi connectivity index (χ1) is 21.2. The largest absolute Gasteiger partial charge is 0.496 e. The van der Waals surface area contributed by atoms with Crippen LogP contribution in [0, 0.1) is 17.8 Å². The second-order valence-electron chi connectivity index (χ2n) is 13.7. The molecule has 2 saturated carbocycles. The van der Waals surface area contributed by atoms with Crippen LogP contribution in [0.25, 0.3) is 10.8 Å². The van der Waals surface area contributed by atoms with Gasteiger partial charge >= 0.3 is 5.97 Å². The van der Waals surface area contributed by atoms with Crippen LogP contribution in [-0.4, -0.2) is 74.8 Å². The molecule has 0 radical (unpaired) electrons. The van der Waals surface area contributed by atoms with Crippen molar-refractivity contribution in [3.05, 3.63) is 53.4 Å². The van der Waals surface area contributed by atoms with E-state index in [1.165, 1.54) is 37.6 Å². The Morgan fingerprint density at radius 1 is 1.18 bits per heavy atom. The molecule has 11 nitrogen and oxygen atoms in total. The van der Waals surface area contributed by atoms with Gasteiger partial charge in [-0.15, -0.1) is 11.3 Å². The third-order valence-electron chi connectivity index (χ3n) is 10.5. The number of carboxylic acids is 1. The fourth-order valence-corrected chi connectivity index (χ4v) is 9.05. The van der Waals surface area contributed by atoms with E-state index in [0.717, 1.165) is 36.1 Å². The minimum absolute atomic E-state index is 0.0786. The van der Waals surface area contributed by atoms with Crippen molar-refractivity contribution in [2.75, 3.05) is 18.6 Å². The number of aliphatic carboxylic acids is 1. The zero-order valence-corrected chi connectivity index (χ0v) is 27.3. The molecule has 242 valence electrons. The van der Waals surface area contributed by atoms with Gasteiger partial charge in [-0.2, -0.15) is 0 Å². The van der Waals surface area contributed by atoms with Crippen LogP contribution in [0.2, 0.25) is 0 Å². The van der Waals surface area contributed by atoms with Gasteiger partial charge in [-0.25, -0.2) is 9.78 Å². The highest BCUT2D eigenvalue weighted by Crippen LogP contribution is 2.63. The van der Waals surface area contributed by atoms with Crippen molar-refractivity contribution < 1.29 is 38.8 Å². The number of rotatable bonds is 9. The number of hydrogen-bond donors (Lipinski definition) is 3. The van der Waals surface area contributed by atoms with E-state index in [0.29, 0.717) is 27.1 Å². The number of para-hydroxylation sites is 1. The van der Waals surface area contributed by atoms with Gasteiger partial charge in [-0.05, 0) is 68.9 Å². The Labute approximate surface area is 266 Å². The van der Waals surface area contributed by atoms with Gasteiger partial charge in [0.1, 0.15) is 28.7 Å². The Morgan fingerprint density at radius 2 is 1.84 bits per heavy atom. The Hall–Kier alpha value is -3.45. The average Bonchev–Trinajstić information content (AvgIpc) is 3.70. The number of hydrogen-bond acceptors (Lipinski definition) is 10. The lowest BCUT2D eigenvalue weighted by Crippen LogP contribution is -2.65. The minimum Gasteiger partial charge on any atom is -0.496 e. The highest BCUT2D eigenvalue weighted by atomic mass is 32.1. The molecular formula is C33H41N3O8S. The van der Waals surface area contributed by atoms with Crippen LogP contribution in [0.5, 0.6) is 5.75 Å². The monoisotopic (exact) mass is 639 g/mol. The molecule has 0 spiro atoms. The fraction of sp³-hybridized carbons (Fsp3) is 0.545. The summed E-state index contributed by atoms with van der Waals surface area (Å²) >= 11 is 1.26. The molecule has 2 fully saturated rings. The summed E-state index contributed by atoms with van der Waals surface area (Å²) in [6.45, 7) is 9.11. The van der Waals surface area contributed by atoms with Gasteiger partial charge in [0.2, 0.25) is 12.2 Å². The number of amides is 1. The number of aliphatic hydroxyl groups excluding tert-OH is 2. The number of carbonyl (C=O) groups excluding carboxylic acids is 1. The second-order valence-corrected chi connectivity index (χ2v) is 14.7. The van der Waals surface area contributed by atoms with Crippen LogP contribution in [-0.2, 0) is 9.53 Å². The van der Waals surface area contributed by atoms with E-state index in [9.17, 15) is 24.9 Å². The van der Waals surface area contributed by atoms with Gasteiger partial charge in [-0.3, -0.25) is 9.69 Å². The number of nitrogens with zero attached hydrogens (tertiary/aromatic N) is 3. The summed E-state index contributed by atoms with van der Waals surface area (Å²) in [7, 11) is 1.59. The first-order valence-electron chi connectivity index (χ1n) is 15.2. The molecule has 1 amide bonds. The SMILES string of the molecule is COc1ccccc1C(CN1c2sc(-c3ncco3)c(C)c2C(=O)N(C(C)(C)C(=O)O)C1O)O[C@@H]1C[C@]2(C)C[C@H](O)C[C@]2(C)C1. The van der Waals surface area contributed by atoms with Gasteiger partial charge in [0, 0.05) is 5.56 Å². The average molecular weight is 640 g/mol. The lowest BCUT2D eigenvalue weighted by molar-refractivity contribution is -0.154. The Balaban J connectivity index is 1.44. The van der Waals surface area contributed by atoms with Crippen molar-refractivity contribution in [2.45, 2.75) is 90.5 Å². The van der Waals surface area contributed by atoms with E-state index in [1.54, 1.807) is 18.9 Å². The molecule has 2 aliphatic carbocycles. The third-order valence-corrected chi connectivity index (χ3v) is 11.8. The van der Waals surface area contributed by atoms with Crippen LogP contribution in [0.1, 0.15) is 81.0 Å². The van der Waals surface area contributed by atoms with Gasteiger partial charge in [0.15, 0.2) is 0 Å². The molecule has 0 bridgehead atoms. The van der Waals surface area contributed by atoms with Crippen molar-refractivity contribution >= 4 is 28.2 Å². The number of carboxylic acid groups (broad SMARTS) is 1. The Kier molecular flexibility index (Phi) is 7.79. The zero-order valence-electron chi connectivity index (χ0n) is 26.4. The molecule has 0 saturated heterocycles. The molecule has 2 aromatic heterocycles. The number of ether oxygens (including phenoxy) is 2. The standard InChI is InChI=1S/C33H41N3O8S/c1-18-24-27(38)36(31(2,3)29(39)40)30(41)35(28(24)45-25(18)26-34-11-12-43-26)17-23(21-9-7-8-10-22(21)42-6)44-20-15-32(4)13-19(37)14-33(32,5)16-20/h7-12,19-20,23,30,37,41H,13-17H2,1-6H3,(H,39,40)/t19-,20+,23?,30?,32-,33+. The smallest absolute Gasteiger partial charge is 0.329 e. The summed E-state index contributed by atoms with van der Waals surface area (Å²) in [5.74, 6) is -0.901. The molecule has 45 heavy (non-hydrogen) atoms. The lowest BCUT2D eigenvalue weighted by atomic mass is 9.71. The van der Waals surface area contributed by atoms with E-state index in [2.05, 4.69) is 18.8 Å². The number of carbonyl (C=O) groups is 2. The first kappa shape index (κ1) is 31.5. The zero-order chi connectivity index (χ0) is 32.5. The number of methoxy groups -OCH3 is 1. The van der Waals surface area contributed by atoms with Crippen molar-refractivity contribution in [2.24, 2.45) is 10.8 Å². The summed E-state index contributed by atoms with van der Waals surface area (Å²) in [5, 5.41) is 33.0. The van der Waals surface area contributed by atoms with E-state index >= 15 is 0 Å². The van der Waals surface area contributed by atoms with Crippen LogP contribution >= 0.6 is 11.3 Å². The number of oxazole rings is 1. The van der Waals surface area contributed by atoms with Crippen molar-refractivity contribution in [3.63, 3.8) is 0 Å². The van der Waals surface area contributed by atoms with Crippen LogP contribution in [0.15, 0.2) is 41.1 Å². The first-order valence-corrected chi connectivity index (χ1v) is 16.0. The Bertz CT molecular complexity index is 1580. The maximum absolute atomic E-state index is 14.0. The van der Waals surface area contributed by atoms with Crippen molar-refractivity contribution in [1.82, 2.24) is 9.88 Å². The van der Waals surface area contributed by atoms with Gasteiger partial charge in [0.05, 0.1) is 42.5 Å². The molecule has 3 aliphatic rings. The molecule has 3 N–H and O–H groups in total. The summed E-state index contributed by atoms with van der Waals surface area (Å²) in [4.78, 5) is 34.0. The van der Waals surface area contributed by atoms with Gasteiger partial charge in [0.25, 0.3) is 5.91 Å². The molecular weight excluding hydrogens is 598 g/mol. The van der Waals surface area contributed by atoms with Crippen molar-refractivity contribution in [1.29, 1.82) is 0 Å². The maximum atomic E-state index is 14.0. The third kappa shape index (κ3) is 5.02. The molecule has 3 heterocycles. The highest BCUT2D eigenvalue weighted by Gasteiger charge is 2.59. The van der Waals surface area contributed by atoms with E-state index in [1.807, 2.05) is 24.3 Å². The van der Waals surface area contributed by atoms with Crippen LogP contribution < -0.4 is 9.64 Å². The van der Waals surface area contributed by atoms with Crippen LogP contribution in [0.3, 0.4) is 0 Å². The normalized spacial score (nSPS) is 28.7. The van der Waals surface area contributed by atoms with E-state index in [4.69, 9.17) is 13.9 Å². The second kappa shape index (κ2) is 11.1. The van der Waals surface area contributed by atoms with Crippen molar-refractivity contribution in [3.8, 4) is 16.5 Å². The number of anilines is 1. The number of fused-ring (bicyclic) bond motifs is 2. The highest BCUT2D eigenvalue weighted by molar-refractivity contribution is 7.20. The fourth-order valence-electron chi connectivity index (χ4n) is 7.78. The van der Waals surface area contributed by atoms with E-state index < -0.39 is 29.9 Å². The topological polar surface area (TPSA) is 146 Å². The van der Waals surface area contributed by atoms with E-state index in [-0.39, 0.29) is 35.1 Å². The lowest BCUT2D eigenvalue weighted by Gasteiger charge is -2.47. The number of aliphatic hydroxyl groups is 2. The molecule has 1 aromatic carbocycles. The molecule has 2 unspecified atom stereocenters. The predicted octanol–water partition coefficient (Wildman–Crippen LogP) is 5.21. The van der Waals surface area contributed by atoms with Gasteiger partial charge < -0.3 is 34.1 Å². The quantitative estimate of drug-likeness (QED) is 0.285. The number of thiophene rings is 1. The van der Waals surface area contributed by atoms with Gasteiger partial charge in [-0.1, -0.05) is 32.0 Å². The molecule has 3 aromatic rings. The number of aromatic nitrogens is 1. The number of benzene rings is 1. The Morgan fingerprint density at radius 3 is 2.44 bits per heavy atom. The summed E-state index contributed by atoms with van der Waals surface area (Å²) in [6, 6.07) is 7.54. The molecule has 6 rings (SSSR count). The summed E-state index contributed by atoms with van der Waals surface area (Å²) in [6.07, 6.45) is 3.24. The van der Waals surface area contributed by atoms with Crippen LogP contribution in [0.4, 0.5) is 5.00 Å². The molecule has 12 heteroatoms. The molecule has 1 aliphatic heterocycles.